The van der Waals surface area contributed by atoms with E-state index in [1.165, 1.54) is 18.3 Å². The first kappa shape index (κ1) is 13.5. The number of aryl methyl sites for hydroxylation is 1. The smallest absolute Gasteiger partial charge is 0.244 e. The summed E-state index contributed by atoms with van der Waals surface area (Å²) in [6.07, 6.45) is 3.77. The predicted molar refractivity (Wildman–Crippen MR) is 70.7 cm³/mol. The summed E-state index contributed by atoms with van der Waals surface area (Å²) in [5.74, 6) is -0.00663. The summed E-state index contributed by atoms with van der Waals surface area (Å²) in [7, 11) is -1.82. The quantitative estimate of drug-likeness (QED) is 0.798. The molecule has 0 aliphatic heterocycles. The van der Waals surface area contributed by atoms with Gasteiger partial charge in [0.05, 0.1) is 5.69 Å². The molecule has 0 bridgehead atoms. The Labute approximate surface area is 111 Å². The van der Waals surface area contributed by atoms with E-state index in [2.05, 4.69) is 14.8 Å². The molecule has 2 heterocycles. The van der Waals surface area contributed by atoms with Crippen LogP contribution in [0.4, 0.5) is 5.82 Å². The van der Waals surface area contributed by atoms with Crippen LogP contribution in [-0.4, -0.2) is 29.7 Å². The van der Waals surface area contributed by atoms with Crippen molar-refractivity contribution < 1.29 is 8.42 Å². The lowest BCUT2D eigenvalue weighted by Crippen LogP contribution is -2.27. The van der Waals surface area contributed by atoms with Gasteiger partial charge < -0.3 is 5.73 Å². The van der Waals surface area contributed by atoms with Gasteiger partial charge in [0.25, 0.3) is 0 Å². The highest BCUT2D eigenvalue weighted by molar-refractivity contribution is 7.89. The molecule has 0 aromatic carbocycles. The van der Waals surface area contributed by atoms with Crippen LogP contribution in [0.25, 0.3) is 0 Å². The van der Waals surface area contributed by atoms with E-state index in [-0.39, 0.29) is 17.3 Å². The standard InChI is InChI=1S/C11H15N5O2S/c1-16-8-5-9(15-16)4-7-14-19(17,18)10-3-2-6-13-11(10)12/h2-3,5-6,8,14H,4,7H2,1H3,(H2,12,13). The molecule has 0 amide bonds. The van der Waals surface area contributed by atoms with E-state index < -0.39 is 10.0 Å². The van der Waals surface area contributed by atoms with Gasteiger partial charge in [0.2, 0.25) is 10.0 Å². The molecule has 8 heteroatoms. The first-order valence-electron chi connectivity index (χ1n) is 5.68. The molecule has 0 atom stereocenters. The van der Waals surface area contributed by atoms with Crippen LogP contribution in [0.5, 0.6) is 0 Å². The molecule has 2 rings (SSSR count). The molecule has 0 fully saturated rings. The maximum Gasteiger partial charge on any atom is 0.244 e. The minimum absolute atomic E-state index is 0.00368. The summed E-state index contributed by atoms with van der Waals surface area (Å²) in [6.45, 7) is 0.258. The number of hydrogen-bond acceptors (Lipinski definition) is 5. The van der Waals surface area contributed by atoms with Crippen LogP contribution in [-0.2, 0) is 23.5 Å². The number of nitrogen functional groups attached to an aromatic ring is 1. The molecule has 0 unspecified atom stereocenters. The maximum atomic E-state index is 12.0. The zero-order chi connectivity index (χ0) is 13.9. The number of hydrogen-bond donors (Lipinski definition) is 2. The average Bonchev–Trinajstić information content (AvgIpc) is 2.75. The van der Waals surface area contributed by atoms with Crippen LogP contribution in [0, 0.1) is 0 Å². The molecule has 3 N–H and O–H groups in total. The molecule has 2 aromatic rings. The number of anilines is 1. The first-order chi connectivity index (χ1) is 8.99. The molecule has 19 heavy (non-hydrogen) atoms. The van der Waals surface area contributed by atoms with Gasteiger partial charge in [-0.25, -0.2) is 18.1 Å². The zero-order valence-electron chi connectivity index (χ0n) is 10.4. The third kappa shape index (κ3) is 3.30. The second-order valence-electron chi connectivity index (χ2n) is 4.02. The van der Waals surface area contributed by atoms with Gasteiger partial charge in [-0.15, -0.1) is 0 Å². The fourth-order valence-corrected chi connectivity index (χ4v) is 2.73. The number of nitrogens with two attached hydrogens (primary N) is 1. The number of aromatic nitrogens is 3. The summed E-state index contributed by atoms with van der Waals surface area (Å²) in [4.78, 5) is 3.75. The lowest BCUT2D eigenvalue weighted by atomic mass is 10.3. The molecular formula is C11H15N5O2S. The van der Waals surface area contributed by atoms with Gasteiger partial charge in [0, 0.05) is 32.4 Å². The van der Waals surface area contributed by atoms with Crippen LogP contribution in [0.2, 0.25) is 0 Å². The van der Waals surface area contributed by atoms with E-state index in [0.717, 1.165) is 5.69 Å². The second kappa shape index (κ2) is 5.37. The Morgan fingerprint density at radius 2 is 2.21 bits per heavy atom. The Morgan fingerprint density at radius 3 is 2.84 bits per heavy atom. The number of nitrogens with zero attached hydrogens (tertiary/aromatic N) is 3. The normalized spacial score (nSPS) is 11.6. The first-order valence-corrected chi connectivity index (χ1v) is 7.16. The van der Waals surface area contributed by atoms with Gasteiger partial charge in [-0.3, -0.25) is 4.68 Å². The van der Waals surface area contributed by atoms with Crippen molar-refractivity contribution in [3.63, 3.8) is 0 Å². The highest BCUT2D eigenvalue weighted by Crippen LogP contribution is 2.13. The van der Waals surface area contributed by atoms with Crippen LogP contribution >= 0.6 is 0 Å². The van der Waals surface area contributed by atoms with Crippen molar-refractivity contribution >= 4 is 15.8 Å². The summed E-state index contributed by atoms with van der Waals surface area (Å²) >= 11 is 0. The largest absolute Gasteiger partial charge is 0.383 e. The van der Waals surface area contributed by atoms with Crippen molar-refractivity contribution in [1.29, 1.82) is 0 Å². The van der Waals surface area contributed by atoms with Crippen molar-refractivity contribution in [2.75, 3.05) is 12.3 Å². The maximum absolute atomic E-state index is 12.0. The van der Waals surface area contributed by atoms with Gasteiger partial charge in [0.15, 0.2) is 0 Å². The van der Waals surface area contributed by atoms with Crippen molar-refractivity contribution in [3.8, 4) is 0 Å². The van der Waals surface area contributed by atoms with Crippen LogP contribution in [0.3, 0.4) is 0 Å². The zero-order valence-corrected chi connectivity index (χ0v) is 11.3. The van der Waals surface area contributed by atoms with Crippen molar-refractivity contribution in [1.82, 2.24) is 19.5 Å². The third-order valence-electron chi connectivity index (χ3n) is 2.53. The molecular weight excluding hydrogens is 266 g/mol. The lowest BCUT2D eigenvalue weighted by Gasteiger charge is -2.07. The van der Waals surface area contributed by atoms with E-state index in [0.29, 0.717) is 6.42 Å². The van der Waals surface area contributed by atoms with E-state index in [9.17, 15) is 8.42 Å². The number of sulfonamides is 1. The van der Waals surface area contributed by atoms with Crippen molar-refractivity contribution in [2.45, 2.75) is 11.3 Å². The monoisotopic (exact) mass is 281 g/mol. The lowest BCUT2D eigenvalue weighted by molar-refractivity contribution is 0.581. The Balaban J connectivity index is 2.01. The van der Waals surface area contributed by atoms with Crippen molar-refractivity contribution in [3.05, 3.63) is 36.3 Å². The minimum atomic E-state index is -3.63. The topological polar surface area (TPSA) is 103 Å². The average molecular weight is 281 g/mol. The van der Waals surface area contributed by atoms with Gasteiger partial charge in [0.1, 0.15) is 10.7 Å². The molecule has 2 aromatic heterocycles. The Hall–Kier alpha value is -1.93. The van der Waals surface area contributed by atoms with Gasteiger partial charge >= 0.3 is 0 Å². The summed E-state index contributed by atoms with van der Waals surface area (Å²) < 4.78 is 28.1. The summed E-state index contributed by atoms with van der Waals surface area (Å²) in [6, 6.07) is 4.79. The SMILES string of the molecule is Cn1ccc(CCNS(=O)(=O)c2cccnc2N)n1. The fourth-order valence-electron chi connectivity index (χ4n) is 1.62. The molecule has 0 saturated carbocycles. The molecule has 0 saturated heterocycles. The Morgan fingerprint density at radius 1 is 1.42 bits per heavy atom. The molecule has 0 radical (unpaired) electrons. The molecule has 0 aliphatic carbocycles. The van der Waals surface area contributed by atoms with E-state index in [1.807, 2.05) is 19.3 Å². The van der Waals surface area contributed by atoms with Gasteiger partial charge in [-0.05, 0) is 18.2 Å². The highest BCUT2D eigenvalue weighted by Gasteiger charge is 2.17. The number of nitrogens with one attached hydrogen (secondary N) is 1. The molecule has 0 spiro atoms. The van der Waals surface area contributed by atoms with E-state index >= 15 is 0 Å². The second-order valence-corrected chi connectivity index (χ2v) is 5.75. The predicted octanol–water partition coefficient (Wildman–Crippen LogP) is -0.0817. The van der Waals surface area contributed by atoms with Crippen LogP contribution in [0.1, 0.15) is 5.69 Å². The number of pyridine rings is 1. The molecule has 102 valence electrons. The van der Waals surface area contributed by atoms with E-state index in [1.54, 1.807) is 4.68 Å². The highest BCUT2D eigenvalue weighted by atomic mass is 32.2. The Kier molecular flexibility index (Phi) is 3.82. The third-order valence-corrected chi connectivity index (χ3v) is 4.04. The fraction of sp³-hybridized carbons (Fsp3) is 0.273. The molecule has 7 nitrogen and oxygen atoms in total. The van der Waals surface area contributed by atoms with Gasteiger partial charge in [-0.1, -0.05) is 0 Å². The minimum Gasteiger partial charge on any atom is -0.383 e. The Bertz CT molecular complexity index is 665. The number of rotatable bonds is 5. The van der Waals surface area contributed by atoms with Crippen molar-refractivity contribution in [2.24, 2.45) is 7.05 Å². The van der Waals surface area contributed by atoms with Gasteiger partial charge in [-0.2, -0.15) is 5.10 Å². The molecule has 0 aliphatic rings. The summed E-state index contributed by atoms with van der Waals surface area (Å²) in [5.41, 5.74) is 6.37. The van der Waals surface area contributed by atoms with Crippen LogP contribution < -0.4 is 10.5 Å². The van der Waals surface area contributed by atoms with Crippen LogP contribution in [0.15, 0.2) is 35.5 Å². The summed E-state index contributed by atoms with van der Waals surface area (Å²) in [5, 5.41) is 4.17. The van der Waals surface area contributed by atoms with E-state index in [4.69, 9.17) is 5.73 Å².